The lowest BCUT2D eigenvalue weighted by Gasteiger charge is -2.18. The van der Waals surface area contributed by atoms with Crippen molar-refractivity contribution in [1.29, 1.82) is 0 Å². The lowest BCUT2D eigenvalue weighted by molar-refractivity contribution is 0.411. The van der Waals surface area contributed by atoms with Crippen molar-refractivity contribution in [2.45, 2.75) is 37.0 Å². The van der Waals surface area contributed by atoms with Crippen LogP contribution >= 0.6 is 11.6 Å². The van der Waals surface area contributed by atoms with Gasteiger partial charge in [-0.25, -0.2) is 13.1 Å². The lowest BCUT2D eigenvalue weighted by atomic mass is 9.96. The van der Waals surface area contributed by atoms with Gasteiger partial charge in [-0.3, -0.25) is 0 Å². The first kappa shape index (κ1) is 18.2. The fourth-order valence-corrected chi connectivity index (χ4v) is 4.67. The Balaban J connectivity index is 1.81. The highest BCUT2D eigenvalue weighted by atomic mass is 35.5. The summed E-state index contributed by atoms with van der Waals surface area (Å²) in [4.78, 5) is 0.303. The first-order valence-electron chi connectivity index (χ1n) is 8.18. The van der Waals surface area contributed by atoms with Gasteiger partial charge < -0.3 is 4.74 Å². The van der Waals surface area contributed by atoms with Crippen LogP contribution in [0, 0.1) is 13.8 Å². The minimum Gasteiger partial charge on any atom is -0.496 e. The summed E-state index contributed by atoms with van der Waals surface area (Å²) in [6.07, 6.45) is 1.94. The Kier molecular flexibility index (Phi) is 4.84. The predicted octanol–water partition coefficient (Wildman–Crippen LogP) is 3.98. The molecule has 2 aromatic carbocycles. The van der Waals surface area contributed by atoms with E-state index < -0.39 is 10.0 Å². The van der Waals surface area contributed by atoms with E-state index in [1.165, 1.54) is 0 Å². The van der Waals surface area contributed by atoms with Gasteiger partial charge in [0.15, 0.2) is 0 Å². The molecule has 25 heavy (non-hydrogen) atoms. The van der Waals surface area contributed by atoms with Gasteiger partial charge in [0.1, 0.15) is 5.75 Å². The van der Waals surface area contributed by atoms with Crippen molar-refractivity contribution in [3.8, 4) is 5.75 Å². The Bertz CT molecular complexity index is 888. The standard InChI is InChI=1S/C19H22ClNO3S/c1-13-11-18(14(2)10-17(13)24-3)25(22,23)21-12-19(8-9-19)15-4-6-16(20)7-5-15/h4-7,10-11,21H,8-9,12H2,1-3H3. The van der Waals surface area contributed by atoms with Crippen molar-refractivity contribution in [1.82, 2.24) is 4.72 Å². The van der Waals surface area contributed by atoms with Crippen LogP contribution in [0.2, 0.25) is 5.02 Å². The number of hydrogen-bond donors (Lipinski definition) is 1. The highest BCUT2D eigenvalue weighted by Crippen LogP contribution is 2.48. The van der Waals surface area contributed by atoms with Gasteiger partial charge in [0.25, 0.3) is 0 Å². The Morgan fingerprint density at radius 2 is 1.76 bits per heavy atom. The molecule has 3 rings (SSSR count). The molecule has 0 atom stereocenters. The molecule has 0 bridgehead atoms. The molecule has 0 aliphatic heterocycles. The fraction of sp³-hybridized carbons (Fsp3) is 0.368. The van der Waals surface area contributed by atoms with E-state index in [1.54, 1.807) is 26.2 Å². The Labute approximate surface area is 154 Å². The highest BCUT2D eigenvalue weighted by Gasteiger charge is 2.44. The van der Waals surface area contributed by atoms with Crippen molar-refractivity contribution in [2.75, 3.05) is 13.7 Å². The van der Waals surface area contributed by atoms with Gasteiger partial charge >= 0.3 is 0 Å². The van der Waals surface area contributed by atoms with Crippen LogP contribution in [0.5, 0.6) is 5.75 Å². The van der Waals surface area contributed by atoms with Gasteiger partial charge in [-0.05, 0) is 67.6 Å². The largest absolute Gasteiger partial charge is 0.496 e. The maximum atomic E-state index is 12.8. The van der Waals surface area contributed by atoms with Crippen LogP contribution in [-0.2, 0) is 15.4 Å². The summed E-state index contributed by atoms with van der Waals surface area (Å²) in [5.41, 5.74) is 2.48. The molecule has 1 N–H and O–H groups in total. The topological polar surface area (TPSA) is 55.4 Å². The maximum Gasteiger partial charge on any atom is 0.240 e. The maximum absolute atomic E-state index is 12.8. The second kappa shape index (κ2) is 6.63. The molecule has 6 heteroatoms. The number of methoxy groups -OCH3 is 1. The zero-order valence-corrected chi connectivity index (χ0v) is 16.2. The molecule has 0 aromatic heterocycles. The summed E-state index contributed by atoms with van der Waals surface area (Å²) in [5.74, 6) is 0.691. The van der Waals surface area contributed by atoms with Crippen LogP contribution in [0.1, 0.15) is 29.5 Å². The van der Waals surface area contributed by atoms with E-state index in [0.717, 1.165) is 24.0 Å². The Hall–Kier alpha value is -1.56. The van der Waals surface area contributed by atoms with Crippen LogP contribution in [0.3, 0.4) is 0 Å². The molecule has 0 unspecified atom stereocenters. The van der Waals surface area contributed by atoms with Crippen LogP contribution < -0.4 is 9.46 Å². The molecular weight excluding hydrogens is 358 g/mol. The van der Waals surface area contributed by atoms with Crippen LogP contribution in [-0.4, -0.2) is 22.1 Å². The van der Waals surface area contributed by atoms with E-state index in [4.69, 9.17) is 16.3 Å². The molecule has 1 saturated carbocycles. The van der Waals surface area contributed by atoms with Crippen LogP contribution in [0.4, 0.5) is 0 Å². The molecule has 4 nitrogen and oxygen atoms in total. The molecule has 0 saturated heterocycles. The second-order valence-corrected chi connectivity index (χ2v) is 8.87. The third-order valence-electron chi connectivity index (χ3n) is 4.89. The van der Waals surface area contributed by atoms with E-state index in [-0.39, 0.29) is 5.41 Å². The molecule has 1 aliphatic carbocycles. The molecule has 1 fully saturated rings. The van der Waals surface area contributed by atoms with Crippen LogP contribution in [0.25, 0.3) is 0 Å². The smallest absolute Gasteiger partial charge is 0.240 e. The summed E-state index contributed by atoms with van der Waals surface area (Å²) in [6.45, 7) is 4.01. The van der Waals surface area contributed by atoms with Crippen molar-refractivity contribution in [3.63, 3.8) is 0 Å². The van der Waals surface area contributed by atoms with Crippen molar-refractivity contribution in [3.05, 3.63) is 58.1 Å². The zero-order chi connectivity index (χ0) is 18.2. The second-order valence-electron chi connectivity index (χ2n) is 6.70. The van der Waals surface area contributed by atoms with Gasteiger partial charge in [0.05, 0.1) is 12.0 Å². The summed E-state index contributed by atoms with van der Waals surface area (Å²) >= 11 is 5.95. The first-order valence-corrected chi connectivity index (χ1v) is 10.0. The number of sulfonamides is 1. The lowest BCUT2D eigenvalue weighted by Crippen LogP contribution is -2.32. The normalized spacial score (nSPS) is 15.8. The Morgan fingerprint density at radius 1 is 1.12 bits per heavy atom. The van der Waals surface area contributed by atoms with E-state index in [1.807, 2.05) is 31.2 Å². The number of nitrogens with one attached hydrogen (secondary N) is 1. The first-order chi connectivity index (χ1) is 11.8. The molecule has 0 spiro atoms. The average molecular weight is 380 g/mol. The molecule has 0 heterocycles. The number of halogens is 1. The number of aryl methyl sites for hydroxylation is 2. The van der Waals surface area contributed by atoms with E-state index >= 15 is 0 Å². The third-order valence-corrected chi connectivity index (χ3v) is 6.69. The zero-order valence-electron chi connectivity index (χ0n) is 14.6. The SMILES string of the molecule is COc1cc(C)c(S(=O)(=O)NCC2(c3ccc(Cl)cc3)CC2)cc1C. The number of ether oxygens (including phenoxy) is 1. The fourth-order valence-electron chi connectivity index (χ4n) is 3.11. The van der Waals surface area contributed by atoms with Crippen molar-refractivity contribution >= 4 is 21.6 Å². The third kappa shape index (κ3) is 3.68. The number of rotatable bonds is 6. The van der Waals surface area contributed by atoms with E-state index in [2.05, 4.69) is 4.72 Å². The van der Waals surface area contributed by atoms with Crippen LogP contribution in [0.15, 0.2) is 41.3 Å². The van der Waals surface area contributed by atoms with Gasteiger partial charge in [-0.1, -0.05) is 23.7 Å². The quantitative estimate of drug-likeness (QED) is 0.826. The van der Waals surface area contributed by atoms with E-state index in [0.29, 0.717) is 27.8 Å². The molecule has 2 aromatic rings. The highest BCUT2D eigenvalue weighted by molar-refractivity contribution is 7.89. The number of benzene rings is 2. The minimum absolute atomic E-state index is 0.118. The summed E-state index contributed by atoms with van der Waals surface area (Å²) in [6, 6.07) is 11.1. The van der Waals surface area contributed by atoms with Gasteiger partial charge in [0, 0.05) is 17.0 Å². The monoisotopic (exact) mass is 379 g/mol. The average Bonchev–Trinajstić information content (AvgIpc) is 3.36. The van der Waals surface area contributed by atoms with Gasteiger partial charge in [-0.15, -0.1) is 0 Å². The number of hydrogen-bond acceptors (Lipinski definition) is 3. The summed E-state index contributed by atoms with van der Waals surface area (Å²) in [7, 11) is -2.00. The molecule has 0 amide bonds. The molecule has 1 aliphatic rings. The molecule has 134 valence electrons. The van der Waals surface area contributed by atoms with Gasteiger partial charge in [0.2, 0.25) is 10.0 Å². The Morgan fingerprint density at radius 3 is 2.32 bits per heavy atom. The summed E-state index contributed by atoms with van der Waals surface area (Å²) in [5, 5.41) is 0.685. The van der Waals surface area contributed by atoms with Gasteiger partial charge in [-0.2, -0.15) is 0 Å². The van der Waals surface area contributed by atoms with Crippen molar-refractivity contribution < 1.29 is 13.2 Å². The summed E-state index contributed by atoms with van der Waals surface area (Å²) < 4.78 is 33.6. The minimum atomic E-state index is -3.58. The predicted molar refractivity (Wildman–Crippen MR) is 100 cm³/mol. The molecular formula is C19H22ClNO3S. The van der Waals surface area contributed by atoms with E-state index in [9.17, 15) is 8.42 Å². The molecule has 0 radical (unpaired) electrons. The van der Waals surface area contributed by atoms with Crippen molar-refractivity contribution in [2.24, 2.45) is 0 Å².